The summed E-state index contributed by atoms with van der Waals surface area (Å²) in [7, 11) is 1.93. The molecule has 98 valence electrons. The monoisotopic (exact) mass is 249 g/mol. The molecule has 1 saturated carbocycles. The van der Waals surface area contributed by atoms with Gasteiger partial charge in [-0.05, 0) is 19.9 Å². The first kappa shape index (κ1) is 12.9. The van der Waals surface area contributed by atoms with Crippen LogP contribution in [0.15, 0.2) is 12.4 Å². The second-order valence-corrected chi connectivity index (χ2v) is 4.78. The fourth-order valence-corrected chi connectivity index (χ4v) is 2.52. The van der Waals surface area contributed by atoms with E-state index in [-0.39, 0.29) is 17.4 Å². The van der Waals surface area contributed by atoms with Crippen molar-refractivity contribution in [2.75, 3.05) is 12.4 Å². The second-order valence-electron chi connectivity index (χ2n) is 4.78. The summed E-state index contributed by atoms with van der Waals surface area (Å²) < 4.78 is 0. The molecule has 1 aliphatic carbocycles. The fraction of sp³-hybridized carbons (Fsp3) is 0.667. The van der Waals surface area contributed by atoms with Crippen LogP contribution in [-0.4, -0.2) is 33.7 Å². The summed E-state index contributed by atoms with van der Waals surface area (Å²) in [5.41, 5.74) is -0.0649. The lowest BCUT2D eigenvalue weighted by Gasteiger charge is -2.36. The number of amides is 1. The molecule has 0 saturated heterocycles. The molecule has 1 heterocycles. The van der Waals surface area contributed by atoms with Gasteiger partial charge in [-0.1, -0.05) is 19.3 Å². The molecule has 2 N–H and O–H groups in total. The summed E-state index contributed by atoms with van der Waals surface area (Å²) in [5, 5.41) is 13.4. The molecule has 1 aromatic rings. The number of anilines is 1. The average molecular weight is 249 g/mol. The molecule has 6 heteroatoms. The maximum atomic E-state index is 12.0. The van der Waals surface area contributed by atoms with E-state index in [1.165, 1.54) is 31.7 Å². The smallest absolute Gasteiger partial charge is 0.249 e. The lowest BCUT2D eigenvalue weighted by Crippen LogP contribution is -2.47. The van der Waals surface area contributed by atoms with Crippen LogP contribution in [0.1, 0.15) is 38.5 Å². The number of hydrogen-bond donors (Lipinski definition) is 2. The van der Waals surface area contributed by atoms with E-state index in [1.54, 1.807) is 0 Å². The van der Waals surface area contributed by atoms with E-state index in [4.69, 9.17) is 0 Å². The molecule has 1 aromatic heterocycles. The van der Waals surface area contributed by atoms with Crippen molar-refractivity contribution in [1.82, 2.24) is 20.5 Å². The van der Waals surface area contributed by atoms with Crippen LogP contribution in [0.3, 0.4) is 0 Å². The standard InChI is InChI=1S/C12H19N5O/c1-13-12(5-3-2-4-6-12)9-10(18)16-11-14-7-8-15-17-11/h7-8,13H,2-6,9H2,1H3,(H,14,16,17,18). The number of hydrogen-bond acceptors (Lipinski definition) is 5. The van der Waals surface area contributed by atoms with Gasteiger partial charge >= 0.3 is 0 Å². The van der Waals surface area contributed by atoms with Gasteiger partial charge in [0.25, 0.3) is 0 Å². The van der Waals surface area contributed by atoms with E-state index in [9.17, 15) is 4.79 Å². The van der Waals surface area contributed by atoms with Crippen molar-refractivity contribution in [3.63, 3.8) is 0 Å². The molecule has 0 aromatic carbocycles. The van der Waals surface area contributed by atoms with Crippen molar-refractivity contribution in [3.8, 4) is 0 Å². The highest BCUT2D eigenvalue weighted by atomic mass is 16.1. The average Bonchev–Trinajstić information content (AvgIpc) is 2.41. The van der Waals surface area contributed by atoms with Crippen molar-refractivity contribution in [1.29, 1.82) is 0 Å². The van der Waals surface area contributed by atoms with Gasteiger partial charge < -0.3 is 5.32 Å². The Bertz CT molecular complexity index is 389. The van der Waals surface area contributed by atoms with E-state index in [1.807, 2.05) is 7.05 Å². The first-order chi connectivity index (χ1) is 8.74. The van der Waals surface area contributed by atoms with Gasteiger partial charge in [0, 0.05) is 12.0 Å². The Morgan fingerprint density at radius 3 is 2.72 bits per heavy atom. The molecule has 1 aliphatic rings. The topological polar surface area (TPSA) is 79.8 Å². The number of nitrogens with zero attached hydrogens (tertiary/aromatic N) is 3. The molecule has 0 bridgehead atoms. The van der Waals surface area contributed by atoms with Gasteiger partial charge in [-0.25, -0.2) is 4.98 Å². The van der Waals surface area contributed by atoms with Crippen LogP contribution in [0.2, 0.25) is 0 Å². The minimum absolute atomic E-state index is 0.0562. The highest BCUT2D eigenvalue weighted by molar-refractivity contribution is 5.89. The second kappa shape index (κ2) is 5.86. The Morgan fingerprint density at radius 2 is 2.11 bits per heavy atom. The molecule has 1 fully saturated rings. The first-order valence-corrected chi connectivity index (χ1v) is 6.37. The van der Waals surface area contributed by atoms with Gasteiger partial charge in [-0.15, -0.1) is 5.10 Å². The van der Waals surface area contributed by atoms with E-state index in [2.05, 4.69) is 25.8 Å². The third-order valence-electron chi connectivity index (χ3n) is 3.57. The van der Waals surface area contributed by atoms with E-state index >= 15 is 0 Å². The fourth-order valence-electron chi connectivity index (χ4n) is 2.52. The molecule has 0 radical (unpaired) electrons. The summed E-state index contributed by atoms with van der Waals surface area (Å²) in [6.45, 7) is 0. The predicted octanol–water partition coefficient (Wildman–Crippen LogP) is 1.12. The molecule has 0 spiro atoms. The molecule has 0 atom stereocenters. The van der Waals surface area contributed by atoms with Crippen LogP contribution in [0.5, 0.6) is 0 Å². The van der Waals surface area contributed by atoms with Gasteiger partial charge in [0.05, 0.1) is 12.4 Å². The first-order valence-electron chi connectivity index (χ1n) is 6.37. The SMILES string of the molecule is CNC1(CC(=O)Nc2nccnn2)CCCCC1. The van der Waals surface area contributed by atoms with Gasteiger partial charge in [-0.2, -0.15) is 5.10 Å². The third kappa shape index (κ3) is 3.22. The van der Waals surface area contributed by atoms with Crippen molar-refractivity contribution < 1.29 is 4.79 Å². The van der Waals surface area contributed by atoms with Gasteiger partial charge in [0.15, 0.2) is 0 Å². The van der Waals surface area contributed by atoms with Gasteiger partial charge in [-0.3, -0.25) is 10.1 Å². The maximum Gasteiger partial charge on any atom is 0.249 e. The number of carbonyl (C=O) groups is 1. The molecular formula is C12H19N5O. The Labute approximate surface area is 107 Å². The zero-order valence-electron chi connectivity index (χ0n) is 10.6. The summed E-state index contributed by atoms with van der Waals surface area (Å²) >= 11 is 0. The lowest BCUT2D eigenvalue weighted by molar-refractivity contribution is -0.118. The predicted molar refractivity (Wildman–Crippen MR) is 67.9 cm³/mol. The Morgan fingerprint density at radius 1 is 1.33 bits per heavy atom. The van der Waals surface area contributed by atoms with Gasteiger partial charge in [0.1, 0.15) is 0 Å². The highest BCUT2D eigenvalue weighted by Crippen LogP contribution is 2.30. The van der Waals surface area contributed by atoms with Crippen molar-refractivity contribution in [3.05, 3.63) is 12.4 Å². The molecule has 6 nitrogen and oxygen atoms in total. The maximum absolute atomic E-state index is 12.0. The van der Waals surface area contributed by atoms with E-state index in [0.717, 1.165) is 12.8 Å². The zero-order chi connectivity index (χ0) is 12.8. The number of aromatic nitrogens is 3. The van der Waals surface area contributed by atoms with Crippen LogP contribution >= 0.6 is 0 Å². The summed E-state index contributed by atoms with van der Waals surface area (Å²) in [4.78, 5) is 15.9. The molecule has 18 heavy (non-hydrogen) atoms. The molecule has 1 amide bonds. The summed E-state index contributed by atoms with van der Waals surface area (Å²) in [6.07, 6.45) is 9.16. The largest absolute Gasteiger partial charge is 0.314 e. The number of carbonyl (C=O) groups excluding carboxylic acids is 1. The molecule has 0 aliphatic heterocycles. The summed E-state index contributed by atoms with van der Waals surface area (Å²) in [6, 6.07) is 0. The quantitative estimate of drug-likeness (QED) is 0.836. The van der Waals surface area contributed by atoms with Crippen molar-refractivity contribution >= 4 is 11.9 Å². The number of rotatable bonds is 4. The Hall–Kier alpha value is -1.56. The minimum atomic E-state index is -0.0649. The molecular weight excluding hydrogens is 230 g/mol. The highest BCUT2D eigenvalue weighted by Gasteiger charge is 2.32. The van der Waals surface area contributed by atoms with Crippen LogP contribution < -0.4 is 10.6 Å². The summed E-state index contributed by atoms with van der Waals surface area (Å²) in [5.74, 6) is 0.212. The van der Waals surface area contributed by atoms with Crippen LogP contribution in [0, 0.1) is 0 Å². The van der Waals surface area contributed by atoms with Gasteiger partial charge in [0.2, 0.25) is 11.9 Å². The minimum Gasteiger partial charge on any atom is -0.314 e. The van der Waals surface area contributed by atoms with Crippen LogP contribution in [-0.2, 0) is 4.79 Å². The van der Waals surface area contributed by atoms with E-state index in [0.29, 0.717) is 6.42 Å². The van der Waals surface area contributed by atoms with Crippen LogP contribution in [0.4, 0.5) is 5.95 Å². The lowest BCUT2D eigenvalue weighted by atomic mass is 9.79. The Kier molecular flexibility index (Phi) is 4.19. The Balaban J connectivity index is 1.93. The molecule has 2 rings (SSSR count). The third-order valence-corrected chi connectivity index (χ3v) is 3.57. The normalized spacial score (nSPS) is 18.3. The number of nitrogens with one attached hydrogen (secondary N) is 2. The van der Waals surface area contributed by atoms with Crippen LogP contribution in [0.25, 0.3) is 0 Å². The molecule has 0 unspecified atom stereocenters. The van der Waals surface area contributed by atoms with Crippen molar-refractivity contribution in [2.24, 2.45) is 0 Å². The zero-order valence-corrected chi connectivity index (χ0v) is 10.6. The van der Waals surface area contributed by atoms with E-state index < -0.39 is 0 Å². The van der Waals surface area contributed by atoms with Crippen molar-refractivity contribution in [2.45, 2.75) is 44.1 Å².